The van der Waals surface area contributed by atoms with E-state index < -0.39 is 10.3 Å². The number of hydrogen-bond acceptors (Lipinski definition) is 4. The Morgan fingerprint density at radius 1 is 1.75 bits per heavy atom. The van der Waals surface area contributed by atoms with Crippen molar-refractivity contribution in [1.82, 2.24) is 9.97 Å². The number of nitrogens with two attached hydrogens (primary N) is 1. The van der Waals surface area contributed by atoms with Crippen LogP contribution in [-0.4, -0.2) is 18.4 Å². The van der Waals surface area contributed by atoms with Gasteiger partial charge in [-0.05, 0) is 6.92 Å². The summed E-state index contributed by atoms with van der Waals surface area (Å²) in [4.78, 5) is 6.60. The largest absolute Gasteiger partial charge is 0.348 e. The van der Waals surface area contributed by atoms with Gasteiger partial charge in [0.2, 0.25) is 0 Å². The van der Waals surface area contributed by atoms with E-state index in [1.54, 1.807) is 6.92 Å². The van der Waals surface area contributed by atoms with Crippen molar-refractivity contribution in [2.75, 3.05) is 0 Å². The van der Waals surface area contributed by atoms with Crippen LogP contribution in [0.25, 0.3) is 0 Å². The van der Waals surface area contributed by atoms with E-state index >= 15 is 0 Å². The molecular formula is C5H9N3O3S. The summed E-state index contributed by atoms with van der Waals surface area (Å²) in [6.45, 7) is 1.63. The summed E-state index contributed by atoms with van der Waals surface area (Å²) < 4.78 is 25.0. The fourth-order valence-electron chi connectivity index (χ4n) is 0.671. The number of hydrogen-bond donors (Lipinski definition) is 2. The first-order valence-corrected chi connectivity index (χ1v) is 4.62. The van der Waals surface area contributed by atoms with Gasteiger partial charge in [0.1, 0.15) is 6.61 Å². The molecule has 1 aromatic rings. The Morgan fingerprint density at radius 2 is 2.42 bits per heavy atom. The molecule has 0 saturated carbocycles. The lowest BCUT2D eigenvalue weighted by Gasteiger charge is -1.97. The number of nitrogens with one attached hydrogen (secondary N) is 1. The average Bonchev–Trinajstić information content (AvgIpc) is 2.29. The van der Waals surface area contributed by atoms with Crippen LogP contribution < -0.4 is 5.14 Å². The molecular weight excluding hydrogens is 182 g/mol. The lowest BCUT2D eigenvalue weighted by Crippen LogP contribution is -2.15. The van der Waals surface area contributed by atoms with E-state index in [-0.39, 0.29) is 6.61 Å². The third-order valence-electron chi connectivity index (χ3n) is 1.29. The molecule has 0 aliphatic heterocycles. The molecule has 0 aliphatic carbocycles. The molecule has 0 fully saturated rings. The predicted octanol–water partition coefficient (Wildman–Crippen LogP) is -0.562. The minimum absolute atomic E-state index is 0.131. The van der Waals surface area contributed by atoms with E-state index in [0.717, 1.165) is 5.69 Å². The minimum atomic E-state index is -3.87. The van der Waals surface area contributed by atoms with Crippen molar-refractivity contribution in [3.05, 3.63) is 17.7 Å². The van der Waals surface area contributed by atoms with Gasteiger partial charge in [-0.15, -0.1) is 0 Å². The number of H-pyrrole nitrogens is 1. The second-order valence-corrected chi connectivity index (χ2v) is 3.45. The van der Waals surface area contributed by atoms with Gasteiger partial charge in [0.05, 0.1) is 12.0 Å². The molecule has 1 aromatic heterocycles. The average molecular weight is 191 g/mol. The van der Waals surface area contributed by atoms with Gasteiger partial charge in [-0.2, -0.15) is 8.42 Å². The molecule has 68 valence electrons. The second-order valence-electron chi connectivity index (χ2n) is 2.23. The molecule has 0 atom stereocenters. The predicted molar refractivity (Wildman–Crippen MR) is 41.2 cm³/mol. The van der Waals surface area contributed by atoms with E-state index in [9.17, 15) is 8.42 Å². The highest BCUT2D eigenvalue weighted by atomic mass is 32.2. The van der Waals surface area contributed by atoms with Crippen LogP contribution in [0.1, 0.15) is 11.4 Å². The summed E-state index contributed by atoms with van der Waals surface area (Å²) in [7, 11) is -3.87. The quantitative estimate of drug-likeness (QED) is 0.669. The maximum Gasteiger partial charge on any atom is 0.333 e. The van der Waals surface area contributed by atoms with Gasteiger partial charge < -0.3 is 4.98 Å². The van der Waals surface area contributed by atoms with Crippen LogP contribution in [0, 0.1) is 6.92 Å². The van der Waals surface area contributed by atoms with Crippen LogP contribution in [0.15, 0.2) is 6.33 Å². The van der Waals surface area contributed by atoms with Crippen LogP contribution in [0.2, 0.25) is 0 Å². The molecule has 0 saturated heterocycles. The smallest absolute Gasteiger partial charge is 0.333 e. The molecule has 6 nitrogen and oxygen atoms in total. The van der Waals surface area contributed by atoms with Crippen molar-refractivity contribution >= 4 is 10.3 Å². The maximum atomic E-state index is 10.4. The number of aromatic amines is 1. The van der Waals surface area contributed by atoms with Gasteiger partial charge >= 0.3 is 10.3 Å². The molecule has 0 bridgehead atoms. The number of nitrogens with zero attached hydrogens (tertiary/aromatic N) is 1. The second kappa shape index (κ2) is 3.21. The summed E-state index contributed by atoms with van der Waals surface area (Å²) in [6, 6.07) is 0. The highest BCUT2D eigenvalue weighted by molar-refractivity contribution is 7.84. The van der Waals surface area contributed by atoms with Crippen molar-refractivity contribution < 1.29 is 12.6 Å². The van der Waals surface area contributed by atoms with Crippen LogP contribution in [0.4, 0.5) is 0 Å². The van der Waals surface area contributed by atoms with Crippen LogP contribution in [-0.2, 0) is 21.1 Å². The number of aryl methyl sites for hydroxylation is 1. The van der Waals surface area contributed by atoms with Gasteiger partial charge in [0, 0.05) is 5.69 Å². The molecule has 12 heavy (non-hydrogen) atoms. The Hall–Kier alpha value is -0.920. The highest BCUT2D eigenvalue weighted by Gasteiger charge is 2.06. The normalized spacial score (nSPS) is 11.8. The minimum Gasteiger partial charge on any atom is -0.348 e. The number of aromatic nitrogens is 2. The zero-order valence-corrected chi connectivity index (χ0v) is 7.26. The zero-order valence-electron chi connectivity index (χ0n) is 6.44. The third kappa shape index (κ3) is 2.61. The topological polar surface area (TPSA) is 98.1 Å². The van der Waals surface area contributed by atoms with E-state index in [4.69, 9.17) is 0 Å². The molecule has 0 radical (unpaired) electrons. The van der Waals surface area contributed by atoms with Crippen molar-refractivity contribution in [2.24, 2.45) is 5.14 Å². The Morgan fingerprint density at radius 3 is 2.83 bits per heavy atom. The van der Waals surface area contributed by atoms with E-state index in [0.29, 0.717) is 5.69 Å². The Kier molecular flexibility index (Phi) is 2.46. The fraction of sp³-hybridized carbons (Fsp3) is 0.400. The number of imidazole rings is 1. The summed E-state index contributed by atoms with van der Waals surface area (Å²) in [5, 5.41) is 4.61. The van der Waals surface area contributed by atoms with Gasteiger partial charge in [0.15, 0.2) is 0 Å². The van der Waals surface area contributed by atoms with Crippen molar-refractivity contribution in [2.45, 2.75) is 13.5 Å². The third-order valence-corrected chi connectivity index (χ3v) is 1.74. The molecule has 3 N–H and O–H groups in total. The molecule has 1 heterocycles. The fourth-order valence-corrected chi connectivity index (χ4v) is 0.947. The number of rotatable bonds is 3. The van der Waals surface area contributed by atoms with Crippen molar-refractivity contribution in [1.29, 1.82) is 0 Å². The molecule has 7 heteroatoms. The molecule has 1 rings (SSSR count). The highest BCUT2D eigenvalue weighted by Crippen LogP contribution is 2.02. The van der Waals surface area contributed by atoms with Crippen molar-refractivity contribution in [3.8, 4) is 0 Å². The van der Waals surface area contributed by atoms with Crippen LogP contribution in [0.3, 0.4) is 0 Å². The zero-order chi connectivity index (χ0) is 9.19. The first-order chi connectivity index (χ1) is 5.49. The summed E-state index contributed by atoms with van der Waals surface area (Å²) in [5.74, 6) is 0. The summed E-state index contributed by atoms with van der Waals surface area (Å²) >= 11 is 0. The van der Waals surface area contributed by atoms with Gasteiger partial charge in [-0.3, -0.25) is 4.18 Å². The van der Waals surface area contributed by atoms with Crippen LogP contribution in [0.5, 0.6) is 0 Å². The van der Waals surface area contributed by atoms with Gasteiger partial charge in [-0.25, -0.2) is 10.1 Å². The van der Waals surface area contributed by atoms with Crippen LogP contribution >= 0.6 is 0 Å². The standard InChI is InChI=1S/C5H9N3O3S/c1-4-5(8-3-7-4)2-11-12(6,9)10/h3H,2H2,1H3,(H,7,8)(H2,6,9,10). The molecule has 0 aromatic carbocycles. The van der Waals surface area contributed by atoms with E-state index in [1.807, 2.05) is 0 Å². The summed E-state index contributed by atoms with van der Waals surface area (Å²) in [6.07, 6.45) is 1.46. The molecule has 0 unspecified atom stereocenters. The monoisotopic (exact) mass is 191 g/mol. The lowest BCUT2D eigenvalue weighted by atomic mass is 10.4. The van der Waals surface area contributed by atoms with E-state index in [2.05, 4.69) is 19.3 Å². The van der Waals surface area contributed by atoms with Crippen molar-refractivity contribution in [3.63, 3.8) is 0 Å². The maximum absolute atomic E-state index is 10.4. The first-order valence-electron chi connectivity index (χ1n) is 3.15. The molecule has 0 amide bonds. The first kappa shape index (κ1) is 9.17. The SMILES string of the molecule is Cc1[nH]cnc1COS(N)(=O)=O. The summed E-state index contributed by atoms with van der Waals surface area (Å²) in [5.41, 5.74) is 1.29. The van der Waals surface area contributed by atoms with Gasteiger partial charge in [0.25, 0.3) is 0 Å². The molecule has 0 aliphatic rings. The van der Waals surface area contributed by atoms with E-state index in [1.165, 1.54) is 6.33 Å². The molecule has 0 spiro atoms. The Labute approximate surface area is 70.0 Å². The Balaban J connectivity index is 2.61. The van der Waals surface area contributed by atoms with Gasteiger partial charge in [-0.1, -0.05) is 0 Å². The lowest BCUT2D eigenvalue weighted by molar-refractivity contribution is 0.304. The Bertz CT molecular complexity index is 356.